The molecule has 0 saturated heterocycles. The fraction of sp³-hybridized carbons (Fsp3) is 0.333. The molecule has 0 bridgehead atoms. The molecule has 0 aliphatic carbocycles. The highest BCUT2D eigenvalue weighted by Crippen LogP contribution is 2.10. The van der Waals surface area contributed by atoms with E-state index in [1.165, 1.54) is 12.0 Å². The molecule has 0 amide bonds. The second-order valence-corrected chi connectivity index (χ2v) is 3.55. The Balaban J connectivity index is 1.84. The second-order valence-electron chi connectivity index (χ2n) is 3.55. The van der Waals surface area contributed by atoms with Crippen molar-refractivity contribution >= 4 is 5.82 Å². The lowest BCUT2D eigenvalue weighted by atomic mass is 10.3. The third-order valence-corrected chi connectivity index (χ3v) is 2.30. The molecule has 2 heterocycles. The van der Waals surface area contributed by atoms with Crippen LogP contribution in [0.5, 0.6) is 5.88 Å². The lowest BCUT2D eigenvalue weighted by Crippen LogP contribution is -2.07. The van der Waals surface area contributed by atoms with Gasteiger partial charge in [0.05, 0.1) is 6.61 Å². The van der Waals surface area contributed by atoms with Crippen molar-refractivity contribution in [2.24, 2.45) is 0 Å². The number of nitrogens with one attached hydrogen (secondary N) is 2. The van der Waals surface area contributed by atoms with Gasteiger partial charge < -0.3 is 15.0 Å². The third-order valence-electron chi connectivity index (χ3n) is 2.30. The van der Waals surface area contributed by atoms with E-state index in [0.717, 1.165) is 18.8 Å². The molecule has 2 N–H and O–H groups in total. The summed E-state index contributed by atoms with van der Waals surface area (Å²) in [7, 11) is 0. The van der Waals surface area contributed by atoms with Crippen molar-refractivity contribution < 1.29 is 4.74 Å². The summed E-state index contributed by atoms with van der Waals surface area (Å²) >= 11 is 0. The Labute approximate surface area is 100 Å². The van der Waals surface area contributed by atoms with E-state index >= 15 is 0 Å². The van der Waals surface area contributed by atoms with Crippen molar-refractivity contribution in [2.45, 2.75) is 13.3 Å². The van der Waals surface area contributed by atoms with Gasteiger partial charge in [0.2, 0.25) is 5.88 Å². The van der Waals surface area contributed by atoms with Gasteiger partial charge in [0.15, 0.2) is 0 Å². The van der Waals surface area contributed by atoms with Crippen LogP contribution in [0.4, 0.5) is 5.82 Å². The van der Waals surface area contributed by atoms with E-state index < -0.39 is 0 Å². The zero-order valence-corrected chi connectivity index (χ0v) is 9.81. The van der Waals surface area contributed by atoms with Crippen LogP contribution in [0, 0.1) is 0 Å². The Morgan fingerprint density at radius 1 is 1.41 bits per heavy atom. The molecule has 0 radical (unpaired) electrons. The molecule has 0 atom stereocenters. The van der Waals surface area contributed by atoms with Gasteiger partial charge in [-0.2, -0.15) is 0 Å². The van der Waals surface area contributed by atoms with Gasteiger partial charge in [-0.15, -0.1) is 0 Å². The van der Waals surface area contributed by atoms with Crippen molar-refractivity contribution in [2.75, 3.05) is 18.5 Å². The van der Waals surface area contributed by atoms with E-state index in [1.807, 2.05) is 19.2 Å². The predicted octanol–water partition coefficient (Wildman–Crippen LogP) is 1.86. The molecule has 17 heavy (non-hydrogen) atoms. The summed E-state index contributed by atoms with van der Waals surface area (Å²) < 4.78 is 5.30. The monoisotopic (exact) mass is 232 g/mol. The van der Waals surface area contributed by atoms with Gasteiger partial charge in [0, 0.05) is 30.9 Å². The van der Waals surface area contributed by atoms with Crippen molar-refractivity contribution in [3.63, 3.8) is 0 Å². The molecular weight excluding hydrogens is 216 g/mol. The van der Waals surface area contributed by atoms with Crippen molar-refractivity contribution in [1.29, 1.82) is 0 Å². The van der Waals surface area contributed by atoms with Crippen LogP contribution in [0.25, 0.3) is 0 Å². The summed E-state index contributed by atoms with van der Waals surface area (Å²) in [6.45, 7) is 3.36. The van der Waals surface area contributed by atoms with Crippen LogP contribution in [-0.2, 0) is 6.42 Å². The number of anilines is 1. The molecule has 90 valence electrons. The standard InChI is InChI=1S/C12H16N4O/c1-2-17-12-8-11(15-9-16-12)14-7-5-10-4-3-6-13-10/h3-4,6,8-9,13H,2,5,7H2,1H3,(H,14,15,16). The molecule has 5 heteroatoms. The lowest BCUT2D eigenvalue weighted by molar-refractivity contribution is 0.326. The minimum absolute atomic E-state index is 0.602. The maximum atomic E-state index is 5.30. The Morgan fingerprint density at radius 2 is 2.35 bits per heavy atom. The van der Waals surface area contributed by atoms with Crippen LogP contribution >= 0.6 is 0 Å². The summed E-state index contributed by atoms with van der Waals surface area (Å²) in [4.78, 5) is 11.3. The highest BCUT2D eigenvalue weighted by atomic mass is 16.5. The number of hydrogen-bond donors (Lipinski definition) is 2. The first-order chi connectivity index (χ1) is 8.38. The first-order valence-corrected chi connectivity index (χ1v) is 5.69. The van der Waals surface area contributed by atoms with E-state index in [4.69, 9.17) is 4.74 Å². The summed E-state index contributed by atoms with van der Waals surface area (Å²) in [6, 6.07) is 5.86. The van der Waals surface area contributed by atoms with Gasteiger partial charge >= 0.3 is 0 Å². The van der Waals surface area contributed by atoms with Crippen molar-refractivity contribution in [3.05, 3.63) is 36.4 Å². The van der Waals surface area contributed by atoms with E-state index in [2.05, 4.69) is 26.3 Å². The average Bonchev–Trinajstić information content (AvgIpc) is 2.83. The first-order valence-electron chi connectivity index (χ1n) is 5.69. The number of hydrogen-bond acceptors (Lipinski definition) is 4. The first kappa shape index (κ1) is 11.4. The van der Waals surface area contributed by atoms with Crippen LogP contribution in [0.3, 0.4) is 0 Å². The van der Waals surface area contributed by atoms with Gasteiger partial charge in [-0.3, -0.25) is 0 Å². The molecule has 0 aromatic carbocycles. The van der Waals surface area contributed by atoms with Gasteiger partial charge in [-0.1, -0.05) is 0 Å². The molecule has 0 spiro atoms. The minimum atomic E-state index is 0.602. The number of ether oxygens (including phenoxy) is 1. The van der Waals surface area contributed by atoms with Crippen LogP contribution in [-0.4, -0.2) is 28.1 Å². The Kier molecular flexibility index (Phi) is 3.96. The quantitative estimate of drug-likeness (QED) is 0.798. The van der Waals surface area contributed by atoms with Crippen LogP contribution in [0.2, 0.25) is 0 Å². The van der Waals surface area contributed by atoms with Gasteiger partial charge in [-0.25, -0.2) is 9.97 Å². The van der Waals surface area contributed by atoms with Gasteiger partial charge in [-0.05, 0) is 19.1 Å². The fourth-order valence-electron chi connectivity index (χ4n) is 1.51. The topological polar surface area (TPSA) is 62.8 Å². The number of aromatic nitrogens is 3. The molecule has 0 fully saturated rings. The molecule has 2 aromatic rings. The largest absolute Gasteiger partial charge is 0.478 e. The minimum Gasteiger partial charge on any atom is -0.478 e. The molecule has 0 saturated carbocycles. The lowest BCUT2D eigenvalue weighted by Gasteiger charge is -2.06. The number of nitrogens with zero attached hydrogens (tertiary/aromatic N) is 2. The highest BCUT2D eigenvalue weighted by Gasteiger charge is 1.99. The van der Waals surface area contributed by atoms with Crippen molar-refractivity contribution in [1.82, 2.24) is 15.0 Å². The summed E-state index contributed by atoms with van der Waals surface area (Å²) in [5.74, 6) is 1.39. The Morgan fingerprint density at radius 3 is 3.12 bits per heavy atom. The Hall–Kier alpha value is -2.04. The fourth-order valence-corrected chi connectivity index (χ4v) is 1.51. The van der Waals surface area contributed by atoms with Gasteiger partial charge in [0.25, 0.3) is 0 Å². The smallest absolute Gasteiger partial charge is 0.218 e. The van der Waals surface area contributed by atoms with E-state index in [-0.39, 0.29) is 0 Å². The van der Waals surface area contributed by atoms with Gasteiger partial charge in [0.1, 0.15) is 12.1 Å². The average molecular weight is 232 g/mol. The van der Waals surface area contributed by atoms with E-state index in [1.54, 1.807) is 6.07 Å². The van der Waals surface area contributed by atoms with Crippen molar-refractivity contribution in [3.8, 4) is 5.88 Å². The molecule has 2 aromatic heterocycles. The zero-order chi connectivity index (χ0) is 11.9. The number of H-pyrrole nitrogens is 1. The SMILES string of the molecule is CCOc1cc(NCCc2ccc[nH]2)ncn1. The van der Waals surface area contributed by atoms with E-state index in [9.17, 15) is 0 Å². The number of rotatable bonds is 6. The molecule has 5 nitrogen and oxygen atoms in total. The summed E-state index contributed by atoms with van der Waals surface area (Å²) in [5, 5.41) is 3.23. The van der Waals surface area contributed by atoms with E-state index in [0.29, 0.717) is 12.5 Å². The molecule has 2 rings (SSSR count). The molecule has 0 aliphatic heterocycles. The number of aromatic amines is 1. The molecular formula is C12H16N4O. The summed E-state index contributed by atoms with van der Waals surface area (Å²) in [5.41, 5.74) is 1.21. The third kappa shape index (κ3) is 3.48. The maximum Gasteiger partial charge on any atom is 0.218 e. The second kappa shape index (κ2) is 5.89. The van der Waals surface area contributed by atoms with Crippen LogP contribution < -0.4 is 10.1 Å². The van der Waals surface area contributed by atoms with Crippen LogP contribution in [0.1, 0.15) is 12.6 Å². The highest BCUT2D eigenvalue weighted by molar-refractivity contribution is 5.37. The normalized spacial score (nSPS) is 10.2. The maximum absolute atomic E-state index is 5.30. The predicted molar refractivity (Wildman–Crippen MR) is 66.2 cm³/mol. The van der Waals surface area contributed by atoms with Crippen LogP contribution in [0.15, 0.2) is 30.7 Å². The Bertz CT molecular complexity index is 442. The molecule has 0 unspecified atom stereocenters. The zero-order valence-electron chi connectivity index (χ0n) is 9.81. The summed E-state index contributed by atoms with van der Waals surface area (Å²) in [6.07, 6.45) is 4.36. The molecule has 0 aliphatic rings.